The van der Waals surface area contributed by atoms with E-state index >= 15 is 0 Å². The van der Waals surface area contributed by atoms with Gasteiger partial charge in [-0.05, 0) is 41.2 Å². The highest BCUT2D eigenvalue weighted by molar-refractivity contribution is 9.10. The van der Waals surface area contributed by atoms with Gasteiger partial charge in [0.25, 0.3) is 0 Å². The van der Waals surface area contributed by atoms with Crippen LogP contribution in [-0.4, -0.2) is 22.1 Å². The maximum atomic E-state index is 12.5. The molecule has 4 nitrogen and oxygen atoms in total. The Bertz CT molecular complexity index is 396. The molecule has 0 saturated heterocycles. The number of carbonyl (C=O) groups is 1. The smallest absolute Gasteiger partial charge is 0.185 e. The van der Waals surface area contributed by atoms with Gasteiger partial charge < -0.3 is 5.73 Å². The molecule has 0 bridgehead atoms. The fraction of sp³-hybridized carbons (Fsp3) is 0.667. The lowest BCUT2D eigenvalue weighted by molar-refractivity contribution is 0.0818. The molecule has 1 fully saturated rings. The van der Waals surface area contributed by atoms with E-state index in [1.165, 1.54) is 6.42 Å². The maximum absolute atomic E-state index is 12.5. The van der Waals surface area contributed by atoms with Gasteiger partial charge in [-0.25, -0.2) is 0 Å². The van der Waals surface area contributed by atoms with E-state index in [1.54, 1.807) is 17.9 Å². The summed E-state index contributed by atoms with van der Waals surface area (Å²) < 4.78 is 2.43. The van der Waals surface area contributed by atoms with Gasteiger partial charge in [0.15, 0.2) is 5.78 Å². The summed E-state index contributed by atoms with van der Waals surface area (Å²) in [5, 5.41) is 4.10. The van der Waals surface area contributed by atoms with Crippen LogP contribution in [0.5, 0.6) is 0 Å². The Morgan fingerprint density at radius 3 is 2.88 bits per heavy atom. The second kappa shape index (κ2) is 5.31. The van der Waals surface area contributed by atoms with Gasteiger partial charge >= 0.3 is 0 Å². The molecule has 17 heavy (non-hydrogen) atoms. The molecule has 0 aliphatic heterocycles. The van der Waals surface area contributed by atoms with E-state index in [-0.39, 0.29) is 11.7 Å². The third-order valence-corrected chi connectivity index (χ3v) is 4.26. The summed E-state index contributed by atoms with van der Waals surface area (Å²) in [4.78, 5) is 12.5. The van der Waals surface area contributed by atoms with E-state index in [4.69, 9.17) is 5.73 Å². The number of rotatable bonds is 3. The quantitative estimate of drug-likeness (QED) is 0.870. The van der Waals surface area contributed by atoms with Gasteiger partial charge in [-0.2, -0.15) is 5.10 Å². The van der Waals surface area contributed by atoms with Gasteiger partial charge in [0, 0.05) is 13.0 Å². The molecule has 2 atom stereocenters. The number of aryl methyl sites for hydroxylation is 1. The van der Waals surface area contributed by atoms with Crippen LogP contribution < -0.4 is 5.73 Å². The van der Waals surface area contributed by atoms with Crippen LogP contribution >= 0.6 is 15.9 Å². The molecule has 94 valence electrons. The zero-order chi connectivity index (χ0) is 12.4. The van der Waals surface area contributed by atoms with Crippen LogP contribution in [0.15, 0.2) is 10.7 Å². The Labute approximate surface area is 110 Å². The largest absolute Gasteiger partial charge is 0.330 e. The third-order valence-electron chi connectivity index (χ3n) is 3.68. The summed E-state index contributed by atoms with van der Waals surface area (Å²) in [5.74, 6) is 0.588. The second-order valence-electron chi connectivity index (χ2n) is 4.72. The fourth-order valence-electron chi connectivity index (χ4n) is 2.70. The highest BCUT2D eigenvalue weighted by atomic mass is 79.9. The first-order chi connectivity index (χ1) is 8.15. The lowest BCUT2D eigenvalue weighted by atomic mass is 9.76. The van der Waals surface area contributed by atoms with Crippen molar-refractivity contribution in [1.29, 1.82) is 0 Å². The van der Waals surface area contributed by atoms with Crippen LogP contribution in [0.1, 0.15) is 36.2 Å². The van der Waals surface area contributed by atoms with Crippen LogP contribution in [-0.2, 0) is 7.05 Å². The Kier molecular flexibility index (Phi) is 3.99. The number of ketones is 1. The summed E-state index contributed by atoms with van der Waals surface area (Å²) in [6.45, 7) is 0.603. The summed E-state index contributed by atoms with van der Waals surface area (Å²) in [7, 11) is 1.80. The zero-order valence-corrected chi connectivity index (χ0v) is 11.6. The highest BCUT2D eigenvalue weighted by Gasteiger charge is 2.32. The van der Waals surface area contributed by atoms with E-state index in [0.717, 1.165) is 23.7 Å². The van der Waals surface area contributed by atoms with Crippen molar-refractivity contribution in [2.45, 2.75) is 25.7 Å². The number of carbonyl (C=O) groups excluding carboxylic acids is 1. The minimum Gasteiger partial charge on any atom is -0.330 e. The summed E-state index contributed by atoms with van der Waals surface area (Å²) >= 11 is 3.39. The van der Waals surface area contributed by atoms with Crippen molar-refractivity contribution < 1.29 is 4.79 Å². The first-order valence-corrected chi connectivity index (χ1v) is 6.86. The van der Waals surface area contributed by atoms with Gasteiger partial charge in [0.05, 0.1) is 10.7 Å². The van der Waals surface area contributed by atoms with E-state index in [9.17, 15) is 4.79 Å². The van der Waals surface area contributed by atoms with Gasteiger partial charge in [-0.3, -0.25) is 9.48 Å². The first-order valence-electron chi connectivity index (χ1n) is 6.07. The van der Waals surface area contributed by atoms with Crippen LogP contribution in [0.4, 0.5) is 0 Å². The number of nitrogens with zero attached hydrogens (tertiary/aromatic N) is 2. The number of hydrogen-bond donors (Lipinski definition) is 1. The van der Waals surface area contributed by atoms with E-state index in [2.05, 4.69) is 21.0 Å². The van der Waals surface area contributed by atoms with Crippen molar-refractivity contribution >= 4 is 21.7 Å². The lowest BCUT2D eigenvalue weighted by Crippen LogP contribution is -2.33. The van der Waals surface area contributed by atoms with Crippen LogP contribution in [0.25, 0.3) is 0 Å². The summed E-state index contributed by atoms with van der Waals surface area (Å²) in [5.41, 5.74) is 6.45. The lowest BCUT2D eigenvalue weighted by Gasteiger charge is -2.29. The predicted molar refractivity (Wildman–Crippen MR) is 69.7 cm³/mol. The van der Waals surface area contributed by atoms with E-state index in [0.29, 0.717) is 18.2 Å². The van der Waals surface area contributed by atoms with Crippen LogP contribution in [0.2, 0.25) is 0 Å². The molecular weight excluding hydrogens is 282 g/mol. The molecule has 0 radical (unpaired) electrons. The van der Waals surface area contributed by atoms with Gasteiger partial charge in [0.2, 0.25) is 0 Å². The molecule has 1 aromatic rings. The number of nitrogens with two attached hydrogens (primary N) is 1. The Hall–Kier alpha value is -0.680. The standard InChI is InChI=1S/C12H18BrN3O/c1-16-11(10(13)7-15-16)12(17)9-5-3-2-4-8(9)6-14/h7-9H,2-6,14H2,1H3. The number of halogens is 1. The van der Waals surface area contributed by atoms with Crippen LogP contribution in [0.3, 0.4) is 0 Å². The molecule has 2 unspecified atom stereocenters. The van der Waals surface area contributed by atoms with Crippen molar-refractivity contribution in [2.24, 2.45) is 24.6 Å². The van der Waals surface area contributed by atoms with Crippen molar-refractivity contribution in [1.82, 2.24) is 9.78 Å². The summed E-state index contributed by atoms with van der Waals surface area (Å²) in [6, 6.07) is 0. The predicted octanol–water partition coefficient (Wildman–Crippen LogP) is 2.13. The molecule has 1 saturated carbocycles. The third kappa shape index (κ3) is 2.45. The molecular formula is C12H18BrN3O. The maximum Gasteiger partial charge on any atom is 0.185 e. The number of Topliss-reactive ketones (excluding diaryl/α,β-unsaturated/α-hetero) is 1. The minimum absolute atomic E-state index is 0.0699. The topological polar surface area (TPSA) is 60.9 Å². The van der Waals surface area contributed by atoms with E-state index in [1.807, 2.05) is 0 Å². The van der Waals surface area contributed by atoms with E-state index < -0.39 is 0 Å². The summed E-state index contributed by atoms with van der Waals surface area (Å²) in [6.07, 6.45) is 6.02. The molecule has 0 spiro atoms. The Balaban J connectivity index is 2.24. The Morgan fingerprint density at radius 2 is 2.29 bits per heavy atom. The normalized spacial score (nSPS) is 24.9. The zero-order valence-electron chi connectivity index (χ0n) is 10.0. The molecule has 0 aromatic carbocycles. The number of aromatic nitrogens is 2. The average molecular weight is 300 g/mol. The molecule has 1 heterocycles. The monoisotopic (exact) mass is 299 g/mol. The number of hydrogen-bond acceptors (Lipinski definition) is 3. The molecule has 0 amide bonds. The Morgan fingerprint density at radius 1 is 1.59 bits per heavy atom. The van der Waals surface area contributed by atoms with Crippen molar-refractivity contribution in [2.75, 3.05) is 6.54 Å². The minimum atomic E-state index is 0.0699. The second-order valence-corrected chi connectivity index (χ2v) is 5.57. The van der Waals surface area contributed by atoms with Crippen LogP contribution in [0, 0.1) is 11.8 Å². The fourth-order valence-corrected chi connectivity index (χ4v) is 3.24. The molecule has 1 aliphatic rings. The molecule has 2 rings (SSSR count). The van der Waals surface area contributed by atoms with Gasteiger partial charge in [-0.15, -0.1) is 0 Å². The van der Waals surface area contributed by atoms with Gasteiger partial charge in [-0.1, -0.05) is 12.8 Å². The van der Waals surface area contributed by atoms with Crippen molar-refractivity contribution in [3.8, 4) is 0 Å². The highest BCUT2D eigenvalue weighted by Crippen LogP contribution is 2.33. The molecule has 5 heteroatoms. The average Bonchev–Trinajstić information content (AvgIpc) is 2.68. The SMILES string of the molecule is Cn1ncc(Br)c1C(=O)C1CCCCC1CN. The first kappa shape index (κ1) is 12.8. The van der Waals surface area contributed by atoms with Crippen molar-refractivity contribution in [3.63, 3.8) is 0 Å². The molecule has 2 N–H and O–H groups in total. The van der Waals surface area contributed by atoms with Crippen molar-refractivity contribution in [3.05, 3.63) is 16.4 Å². The van der Waals surface area contributed by atoms with Gasteiger partial charge in [0.1, 0.15) is 5.69 Å². The molecule has 1 aromatic heterocycles. The molecule has 1 aliphatic carbocycles.